The fourth-order valence-electron chi connectivity index (χ4n) is 5.13. The van der Waals surface area contributed by atoms with Crippen LogP contribution < -0.4 is 19.6 Å². The number of aromatic nitrogens is 1. The number of hydrogen-bond donors (Lipinski definition) is 0. The summed E-state index contributed by atoms with van der Waals surface area (Å²) < 4.78 is 18.9. The Hall–Kier alpha value is -5.28. The Balaban J connectivity index is 1.52. The second-order valence-corrected chi connectivity index (χ2v) is 11.0. The molecule has 3 aromatic carbocycles. The average molecular weight is 605 g/mol. The Labute approximate surface area is 256 Å². The lowest BCUT2D eigenvalue weighted by Gasteiger charge is -2.26. The highest BCUT2D eigenvalue weighted by Crippen LogP contribution is 2.35. The molecule has 0 unspecified atom stereocenters. The van der Waals surface area contributed by atoms with Gasteiger partial charge in [-0.05, 0) is 43.7 Å². The second kappa shape index (κ2) is 12.1. The molecule has 1 atom stereocenters. The summed E-state index contributed by atoms with van der Waals surface area (Å²) >= 11 is 1.22. The monoisotopic (exact) mass is 604 g/mol. The van der Waals surface area contributed by atoms with E-state index in [2.05, 4.69) is 0 Å². The lowest BCUT2D eigenvalue weighted by Crippen LogP contribution is -2.40. The van der Waals surface area contributed by atoms with Crippen LogP contribution in [0.1, 0.15) is 47.1 Å². The molecule has 3 heterocycles. The number of benzene rings is 3. The van der Waals surface area contributed by atoms with Crippen molar-refractivity contribution in [2.24, 2.45) is 4.99 Å². The summed E-state index contributed by atoms with van der Waals surface area (Å²) in [6.07, 6.45) is 1.68. The van der Waals surface area contributed by atoms with Crippen molar-refractivity contribution in [3.8, 4) is 17.1 Å². The largest absolute Gasteiger partial charge is 0.497 e. The molecule has 0 spiro atoms. The number of carbonyl (C=O) groups excluding carboxylic acids is 2. The maximum atomic E-state index is 14.1. The van der Waals surface area contributed by atoms with Crippen molar-refractivity contribution in [1.29, 1.82) is 0 Å². The molecule has 2 aromatic heterocycles. The number of thiazole rings is 1. The number of rotatable bonds is 8. The van der Waals surface area contributed by atoms with E-state index in [1.165, 1.54) is 18.3 Å². The SMILES string of the molecule is CCOC(=O)C1=C(c2ccccc2)N=c2s/c(=C\c3ccc(-c4ccc(C(C)=O)cc4)o3)c(=O)n2[C@@H]1c1ccc(OC)cc1. The number of ether oxygens (including phenoxy) is 2. The predicted octanol–water partition coefficient (Wildman–Crippen LogP) is 5.41. The summed E-state index contributed by atoms with van der Waals surface area (Å²) in [5.74, 6) is 1.18. The van der Waals surface area contributed by atoms with Crippen LogP contribution in [0, 0.1) is 0 Å². The van der Waals surface area contributed by atoms with Gasteiger partial charge < -0.3 is 13.9 Å². The summed E-state index contributed by atoms with van der Waals surface area (Å²) in [5.41, 5.74) is 3.28. The number of fused-ring (bicyclic) bond motifs is 1. The summed E-state index contributed by atoms with van der Waals surface area (Å²) in [7, 11) is 1.58. The van der Waals surface area contributed by atoms with E-state index in [1.807, 2.05) is 60.7 Å². The highest BCUT2D eigenvalue weighted by atomic mass is 32.1. The number of methoxy groups -OCH3 is 1. The Kier molecular flexibility index (Phi) is 7.95. The van der Waals surface area contributed by atoms with Crippen LogP contribution in [-0.2, 0) is 9.53 Å². The van der Waals surface area contributed by atoms with Gasteiger partial charge in [0.1, 0.15) is 17.3 Å². The Morgan fingerprint density at radius 1 is 0.955 bits per heavy atom. The van der Waals surface area contributed by atoms with Crippen LogP contribution in [-0.4, -0.2) is 30.0 Å². The fraction of sp³-hybridized carbons (Fsp3) is 0.143. The zero-order chi connectivity index (χ0) is 30.8. The third-order valence-corrected chi connectivity index (χ3v) is 8.26. The first kappa shape index (κ1) is 28.8. The van der Waals surface area contributed by atoms with Gasteiger partial charge in [-0.25, -0.2) is 9.79 Å². The quantitative estimate of drug-likeness (QED) is 0.174. The number of nitrogens with zero attached hydrogens (tertiary/aromatic N) is 2. The average Bonchev–Trinajstić information content (AvgIpc) is 3.65. The van der Waals surface area contributed by atoms with Gasteiger partial charge in [0.25, 0.3) is 5.56 Å². The minimum Gasteiger partial charge on any atom is -0.497 e. The van der Waals surface area contributed by atoms with Gasteiger partial charge in [0.2, 0.25) is 0 Å². The molecule has 1 aliphatic heterocycles. The molecular weight excluding hydrogens is 576 g/mol. The topological polar surface area (TPSA) is 100 Å². The number of esters is 1. The molecule has 5 aromatic rings. The molecule has 220 valence electrons. The Bertz CT molecular complexity index is 2070. The number of Topliss-reactive ketones (excluding diaryl/α,β-unsaturated/α-hetero) is 1. The lowest BCUT2D eigenvalue weighted by molar-refractivity contribution is -0.138. The molecule has 0 radical (unpaired) electrons. The maximum Gasteiger partial charge on any atom is 0.338 e. The summed E-state index contributed by atoms with van der Waals surface area (Å²) in [5, 5.41) is 0. The highest BCUT2D eigenvalue weighted by molar-refractivity contribution is 7.07. The molecule has 0 saturated heterocycles. The normalized spacial score (nSPS) is 14.6. The number of hydrogen-bond acceptors (Lipinski definition) is 8. The van der Waals surface area contributed by atoms with E-state index in [9.17, 15) is 14.4 Å². The summed E-state index contributed by atoms with van der Waals surface area (Å²) in [6.45, 7) is 3.43. The summed E-state index contributed by atoms with van der Waals surface area (Å²) in [6, 6.07) is 26.6. The van der Waals surface area contributed by atoms with Crippen LogP contribution in [0.25, 0.3) is 23.1 Å². The van der Waals surface area contributed by atoms with Crippen LogP contribution in [0.4, 0.5) is 0 Å². The molecule has 0 fully saturated rings. The van der Waals surface area contributed by atoms with E-state index in [1.54, 1.807) is 55.0 Å². The lowest BCUT2D eigenvalue weighted by atomic mass is 9.93. The van der Waals surface area contributed by atoms with Crippen LogP contribution in [0.3, 0.4) is 0 Å². The van der Waals surface area contributed by atoms with Gasteiger partial charge in [-0.3, -0.25) is 14.2 Å². The van der Waals surface area contributed by atoms with E-state index in [0.29, 0.717) is 43.4 Å². The zero-order valence-corrected chi connectivity index (χ0v) is 25.1. The summed E-state index contributed by atoms with van der Waals surface area (Å²) in [4.78, 5) is 44.6. The number of furan rings is 1. The van der Waals surface area contributed by atoms with Crippen molar-refractivity contribution < 1.29 is 23.5 Å². The molecule has 0 saturated carbocycles. The smallest absolute Gasteiger partial charge is 0.338 e. The first-order valence-corrected chi connectivity index (χ1v) is 14.8. The molecule has 8 nitrogen and oxygen atoms in total. The van der Waals surface area contributed by atoms with Crippen molar-refractivity contribution in [2.45, 2.75) is 19.9 Å². The molecule has 0 aliphatic carbocycles. The van der Waals surface area contributed by atoms with Crippen LogP contribution in [0.15, 0.2) is 111 Å². The van der Waals surface area contributed by atoms with Gasteiger partial charge in [-0.15, -0.1) is 0 Å². The molecule has 0 N–H and O–H groups in total. The maximum absolute atomic E-state index is 14.1. The van der Waals surface area contributed by atoms with Crippen molar-refractivity contribution in [3.63, 3.8) is 0 Å². The van der Waals surface area contributed by atoms with Gasteiger partial charge in [0, 0.05) is 22.8 Å². The van der Waals surface area contributed by atoms with Crippen LogP contribution in [0.5, 0.6) is 5.75 Å². The molecule has 0 bridgehead atoms. The molecule has 6 rings (SSSR count). The standard InChI is InChI=1S/C35H28N2O6S/c1-4-42-34(40)30-31(24-8-6-5-7-9-24)36-35-37(32(30)25-14-16-26(41-3)17-15-25)33(39)29(44-35)20-27-18-19-28(43-27)23-12-10-22(11-13-23)21(2)38/h5-20,32H,4H2,1-3H3/b29-20-/t32-/m1/s1. The fourth-order valence-corrected chi connectivity index (χ4v) is 6.11. The second-order valence-electron chi connectivity index (χ2n) is 10.0. The minimum absolute atomic E-state index is 0.0125. The molecule has 9 heteroatoms. The number of carbonyl (C=O) groups is 2. The van der Waals surface area contributed by atoms with E-state index >= 15 is 0 Å². The van der Waals surface area contributed by atoms with Crippen molar-refractivity contribution >= 4 is 34.9 Å². The van der Waals surface area contributed by atoms with Gasteiger partial charge in [0.15, 0.2) is 10.6 Å². The van der Waals surface area contributed by atoms with Crippen molar-refractivity contribution in [1.82, 2.24) is 4.57 Å². The molecule has 44 heavy (non-hydrogen) atoms. The number of ketones is 1. The Morgan fingerprint density at radius 3 is 2.34 bits per heavy atom. The van der Waals surface area contributed by atoms with Gasteiger partial charge in [0.05, 0.1) is 35.6 Å². The predicted molar refractivity (Wildman–Crippen MR) is 168 cm³/mol. The molecule has 0 amide bonds. The van der Waals surface area contributed by atoms with E-state index in [-0.39, 0.29) is 23.5 Å². The first-order valence-electron chi connectivity index (χ1n) is 14.0. The van der Waals surface area contributed by atoms with Crippen LogP contribution >= 0.6 is 11.3 Å². The van der Waals surface area contributed by atoms with E-state index < -0.39 is 12.0 Å². The molecular formula is C35H28N2O6S. The van der Waals surface area contributed by atoms with Crippen molar-refractivity contribution in [2.75, 3.05) is 13.7 Å². The van der Waals surface area contributed by atoms with Crippen LogP contribution in [0.2, 0.25) is 0 Å². The Morgan fingerprint density at radius 2 is 1.68 bits per heavy atom. The van der Waals surface area contributed by atoms with E-state index in [4.69, 9.17) is 18.9 Å². The zero-order valence-electron chi connectivity index (χ0n) is 24.3. The highest BCUT2D eigenvalue weighted by Gasteiger charge is 2.35. The minimum atomic E-state index is -0.791. The molecule has 1 aliphatic rings. The third-order valence-electron chi connectivity index (χ3n) is 7.28. The van der Waals surface area contributed by atoms with E-state index in [0.717, 1.165) is 11.1 Å². The third kappa shape index (κ3) is 5.45. The van der Waals surface area contributed by atoms with Gasteiger partial charge in [-0.2, -0.15) is 0 Å². The van der Waals surface area contributed by atoms with Crippen molar-refractivity contribution in [3.05, 3.63) is 139 Å². The van der Waals surface area contributed by atoms with Gasteiger partial charge in [-0.1, -0.05) is 78.1 Å². The van der Waals surface area contributed by atoms with Gasteiger partial charge >= 0.3 is 5.97 Å². The first-order chi connectivity index (χ1) is 21.4.